The van der Waals surface area contributed by atoms with Crippen molar-refractivity contribution < 1.29 is 4.74 Å². The molecule has 1 saturated heterocycles. The Morgan fingerprint density at radius 2 is 2.33 bits per heavy atom. The number of likely N-dealkylation sites (N-methyl/N-ethyl adjacent to an activating group) is 1. The van der Waals surface area contributed by atoms with Crippen LogP contribution in [0.4, 0.5) is 0 Å². The van der Waals surface area contributed by atoms with Crippen LogP contribution in [0.5, 0.6) is 0 Å². The molecule has 1 aromatic rings. The van der Waals surface area contributed by atoms with E-state index < -0.39 is 0 Å². The summed E-state index contributed by atoms with van der Waals surface area (Å²) in [5.41, 5.74) is 2.39. The summed E-state index contributed by atoms with van der Waals surface area (Å²) < 4.78 is 5.69. The molecule has 0 aromatic carbocycles. The minimum Gasteiger partial charge on any atom is -0.378 e. The molecule has 0 radical (unpaired) electrons. The van der Waals surface area contributed by atoms with Gasteiger partial charge in [-0.25, -0.2) is 0 Å². The van der Waals surface area contributed by atoms with Crippen LogP contribution in [-0.4, -0.2) is 30.3 Å². The van der Waals surface area contributed by atoms with E-state index in [-0.39, 0.29) is 0 Å². The van der Waals surface area contributed by atoms with E-state index in [0.717, 1.165) is 26.0 Å². The molecule has 0 spiro atoms. The van der Waals surface area contributed by atoms with Crippen LogP contribution in [0.25, 0.3) is 0 Å². The Bertz CT molecular complexity index is 363. The first-order chi connectivity index (χ1) is 8.69. The van der Waals surface area contributed by atoms with Crippen LogP contribution >= 0.6 is 0 Å². The number of nitrogens with zero attached hydrogens (tertiary/aromatic N) is 1. The average Bonchev–Trinajstić information content (AvgIpc) is 2.78. The summed E-state index contributed by atoms with van der Waals surface area (Å²) in [6, 6.07) is 4.76. The molecule has 3 unspecified atom stereocenters. The van der Waals surface area contributed by atoms with E-state index in [4.69, 9.17) is 4.74 Å². The summed E-state index contributed by atoms with van der Waals surface area (Å²) in [4.78, 5) is 4.51. The monoisotopic (exact) mass is 248 g/mol. The van der Waals surface area contributed by atoms with Crippen molar-refractivity contribution in [2.75, 3.05) is 13.2 Å². The van der Waals surface area contributed by atoms with Gasteiger partial charge in [0, 0.05) is 30.3 Å². The fraction of sp³-hybridized carbons (Fsp3) is 0.667. The molecule has 1 N–H and O–H groups in total. The first-order valence-corrected chi connectivity index (χ1v) is 6.95. The lowest BCUT2D eigenvalue weighted by atomic mass is 9.93. The van der Waals surface area contributed by atoms with Gasteiger partial charge >= 0.3 is 0 Å². The highest BCUT2D eigenvalue weighted by atomic mass is 16.5. The van der Waals surface area contributed by atoms with Crippen LogP contribution < -0.4 is 5.32 Å². The van der Waals surface area contributed by atoms with Crippen molar-refractivity contribution in [1.29, 1.82) is 0 Å². The Hall–Kier alpha value is -0.930. The van der Waals surface area contributed by atoms with Gasteiger partial charge in [0.25, 0.3) is 0 Å². The minimum atomic E-state index is 0.405. The van der Waals surface area contributed by atoms with Crippen molar-refractivity contribution in [3.05, 3.63) is 29.6 Å². The van der Waals surface area contributed by atoms with E-state index >= 15 is 0 Å². The van der Waals surface area contributed by atoms with Crippen molar-refractivity contribution in [1.82, 2.24) is 10.3 Å². The summed E-state index contributed by atoms with van der Waals surface area (Å²) in [7, 11) is 0. The fourth-order valence-electron chi connectivity index (χ4n) is 2.64. The number of aromatic nitrogens is 1. The van der Waals surface area contributed by atoms with E-state index in [1.54, 1.807) is 0 Å². The molecular formula is C15H24N2O. The normalized spacial score (nSPS) is 25.3. The number of aryl methyl sites for hydroxylation is 1. The maximum atomic E-state index is 5.69. The zero-order valence-corrected chi connectivity index (χ0v) is 11.6. The smallest absolute Gasteiger partial charge is 0.0551 e. The zero-order chi connectivity index (χ0) is 13.0. The molecule has 1 aliphatic rings. The minimum absolute atomic E-state index is 0.405. The Labute approximate surface area is 110 Å². The summed E-state index contributed by atoms with van der Waals surface area (Å²) in [6.45, 7) is 8.28. The van der Waals surface area contributed by atoms with Gasteiger partial charge in [0.05, 0.1) is 12.7 Å². The fourth-order valence-corrected chi connectivity index (χ4v) is 2.64. The highest BCUT2D eigenvalue weighted by molar-refractivity contribution is 5.13. The number of nitrogens with one attached hydrogen (secondary N) is 1. The molecule has 18 heavy (non-hydrogen) atoms. The summed E-state index contributed by atoms with van der Waals surface area (Å²) >= 11 is 0. The van der Waals surface area contributed by atoms with Gasteiger partial charge in [-0.15, -0.1) is 0 Å². The Balaban J connectivity index is 1.99. The second kappa shape index (κ2) is 6.30. The molecule has 2 rings (SSSR count). The number of ether oxygens (including phenoxy) is 1. The van der Waals surface area contributed by atoms with Gasteiger partial charge in [-0.2, -0.15) is 0 Å². The number of hydrogen-bond acceptors (Lipinski definition) is 3. The quantitative estimate of drug-likeness (QED) is 0.868. The molecule has 3 nitrogen and oxygen atoms in total. The van der Waals surface area contributed by atoms with Crippen molar-refractivity contribution in [2.45, 2.75) is 45.8 Å². The Morgan fingerprint density at radius 1 is 1.50 bits per heavy atom. The molecular weight excluding hydrogens is 224 g/mol. The maximum absolute atomic E-state index is 5.69. The molecule has 2 heterocycles. The van der Waals surface area contributed by atoms with E-state index in [2.05, 4.69) is 43.2 Å². The van der Waals surface area contributed by atoms with E-state index in [9.17, 15) is 0 Å². The van der Waals surface area contributed by atoms with E-state index in [1.165, 1.54) is 11.3 Å². The predicted molar refractivity (Wildman–Crippen MR) is 73.7 cm³/mol. The van der Waals surface area contributed by atoms with Crippen LogP contribution in [0, 0.1) is 12.8 Å². The van der Waals surface area contributed by atoms with Crippen molar-refractivity contribution >= 4 is 0 Å². The van der Waals surface area contributed by atoms with Gasteiger partial charge in [0.1, 0.15) is 0 Å². The van der Waals surface area contributed by atoms with Crippen molar-refractivity contribution in [2.24, 2.45) is 5.92 Å². The van der Waals surface area contributed by atoms with Crippen LogP contribution in [-0.2, 0) is 11.2 Å². The third kappa shape index (κ3) is 3.53. The highest BCUT2D eigenvalue weighted by Gasteiger charge is 2.29. The van der Waals surface area contributed by atoms with Crippen LogP contribution in [0.2, 0.25) is 0 Å². The standard InChI is InChI=1S/C15H24N2O/c1-4-16-15(13-7-12(3)18-10-13)8-14-6-5-11(2)9-17-14/h5-6,9,12-13,15-16H,4,7-8,10H2,1-3H3. The maximum Gasteiger partial charge on any atom is 0.0551 e. The molecule has 0 aliphatic carbocycles. The molecule has 1 aromatic heterocycles. The van der Waals surface area contributed by atoms with Crippen LogP contribution in [0.15, 0.2) is 18.3 Å². The second-order valence-electron chi connectivity index (χ2n) is 5.33. The molecule has 3 heteroatoms. The van der Waals surface area contributed by atoms with Gasteiger partial charge in [-0.3, -0.25) is 4.98 Å². The first-order valence-electron chi connectivity index (χ1n) is 6.95. The van der Waals surface area contributed by atoms with Crippen molar-refractivity contribution in [3.63, 3.8) is 0 Å². The predicted octanol–water partition coefficient (Wildman–Crippen LogP) is 2.34. The molecule has 0 amide bonds. The van der Waals surface area contributed by atoms with E-state index in [0.29, 0.717) is 18.1 Å². The molecule has 100 valence electrons. The summed E-state index contributed by atoms with van der Waals surface area (Å²) in [5.74, 6) is 0.614. The van der Waals surface area contributed by atoms with Crippen LogP contribution in [0.1, 0.15) is 31.5 Å². The topological polar surface area (TPSA) is 34.2 Å². The van der Waals surface area contributed by atoms with Gasteiger partial charge in [0.2, 0.25) is 0 Å². The zero-order valence-electron chi connectivity index (χ0n) is 11.6. The molecule has 1 fully saturated rings. The lowest BCUT2D eigenvalue weighted by Crippen LogP contribution is -2.38. The van der Waals surface area contributed by atoms with Crippen molar-refractivity contribution in [3.8, 4) is 0 Å². The van der Waals surface area contributed by atoms with Gasteiger partial charge in [-0.1, -0.05) is 13.0 Å². The number of rotatable bonds is 5. The number of pyridine rings is 1. The number of hydrogen-bond donors (Lipinski definition) is 1. The first kappa shape index (κ1) is 13.5. The summed E-state index contributed by atoms with van der Waals surface area (Å²) in [5, 5.41) is 3.59. The largest absolute Gasteiger partial charge is 0.378 e. The van der Waals surface area contributed by atoms with E-state index in [1.807, 2.05) is 6.20 Å². The Morgan fingerprint density at radius 3 is 2.89 bits per heavy atom. The lowest BCUT2D eigenvalue weighted by molar-refractivity contribution is 0.117. The SMILES string of the molecule is CCNC(Cc1ccc(C)cn1)C1COC(C)C1. The highest BCUT2D eigenvalue weighted by Crippen LogP contribution is 2.24. The Kier molecular flexibility index (Phi) is 4.72. The third-order valence-corrected chi connectivity index (χ3v) is 3.67. The molecule has 0 saturated carbocycles. The summed E-state index contributed by atoms with van der Waals surface area (Å²) in [6.07, 6.45) is 4.51. The van der Waals surface area contributed by atoms with Gasteiger partial charge in [0.15, 0.2) is 0 Å². The molecule has 3 atom stereocenters. The molecule has 1 aliphatic heterocycles. The lowest BCUT2D eigenvalue weighted by Gasteiger charge is -2.23. The average molecular weight is 248 g/mol. The van der Waals surface area contributed by atoms with Gasteiger partial charge < -0.3 is 10.1 Å². The third-order valence-electron chi connectivity index (χ3n) is 3.67. The molecule has 0 bridgehead atoms. The van der Waals surface area contributed by atoms with Crippen LogP contribution in [0.3, 0.4) is 0 Å². The van der Waals surface area contributed by atoms with Gasteiger partial charge in [-0.05, 0) is 38.4 Å². The second-order valence-corrected chi connectivity index (χ2v) is 5.33.